The maximum Gasteiger partial charge on any atom is 0.331 e. The molecular formula is C8H13NO4. The molecule has 0 aromatic carbocycles. The van der Waals surface area contributed by atoms with Gasteiger partial charge in [0.25, 0.3) is 0 Å². The molecule has 1 aliphatic rings. The summed E-state index contributed by atoms with van der Waals surface area (Å²) in [6.45, 7) is 1.93. The van der Waals surface area contributed by atoms with Crippen LogP contribution in [0.4, 0.5) is 0 Å². The van der Waals surface area contributed by atoms with Gasteiger partial charge in [-0.1, -0.05) is 0 Å². The number of carboxylic acid groups (broad SMARTS) is 1. The SMILES string of the molecule is CC(=O)NC1(C(=O)O)CCCOC1. The average molecular weight is 187 g/mol. The third-order valence-corrected chi connectivity index (χ3v) is 2.07. The van der Waals surface area contributed by atoms with Crippen molar-refractivity contribution in [2.45, 2.75) is 25.3 Å². The van der Waals surface area contributed by atoms with Crippen LogP contribution in [0.15, 0.2) is 0 Å². The lowest BCUT2D eigenvalue weighted by molar-refractivity contribution is -0.153. The third-order valence-electron chi connectivity index (χ3n) is 2.07. The molecule has 1 fully saturated rings. The van der Waals surface area contributed by atoms with Crippen LogP contribution in [0.25, 0.3) is 0 Å². The Labute approximate surface area is 76.1 Å². The van der Waals surface area contributed by atoms with Crippen LogP contribution in [-0.2, 0) is 14.3 Å². The summed E-state index contributed by atoms with van der Waals surface area (Å²) in [5.74, 6) is -1.37. The van der Waals surface area contributed by atoms with E-state index in [-0.39, 0.29) is 12.5 Å². The second-order valence-corrected chi connectivity index (χ2v) is 3.22. The highest BCUT2D eigenvalue weighted by Crippen LogP contribution is 2.19. The fourth-order valence-electron chi connectivity index (χ4n) is 1.45. The topological polar surface area (TPSA) is 75.6 Å². The molecule has 1 atom stereocenters. The molecule has 2 N–H and O–H groups in total. The van der Waals surface area contributed by atoms with Crippen LogP contribution in [-0.4, -0.2) is 35.7 Å². The standard InChI is InChI=1S/C8H13NO4/c1-6(10)9-8(7(11)12)3-2-4-13-5-8/h2-5H2,1H3,(H,9,10)(H,11,12). The number of amides is 1. The maximum absolute atomic E-state index is 10.9. The van der Waals surface area contributed by atoms with E-state index in [0.717, 1.165) is 0 Å². The summed E-state index contributed by atoms with van der Waals surface area (Å²) < 4.78 is 5.05. The summed E-state index contributed by atoms with van der Waals surface area (Å²) in [4.78, 5) is 21.7. The molecule has 0 aromatic rings. The van der Waals surface area contributed by atoms with E-state index in [2.05, 4.69) is 5.32 Å². The van der Waals surface area contributed by atoms with Gasteiger partial charge >= 0.3 is 5.97 Å². The highest BCUT2D eigenvalue weighted by atomic mass is 16.5. The number of aliphatic carboxylic acids is 1. The molecular weight excluding hydrogens is 174 g/mol. The van der Waals surface area contributed by atoms with Gasteiger partial charge in [0, 0.05) is 13.5 Å². The lowest BCUT2D eigenvalue weighted by atomic mass is 9.92. The Bertz CT molecular complexity index is 220. The molecule has 1 unspecified atom stereocenters. The van der Waals surface area contributed by atoms with Crippen LogP contribution in [0.5, 0.6) is 0 Å². The van der Waals surface area contributed by atoms with Crippen LogP contribution in [0.2, 0.25) is 0 Å². The Morgan fingerprint density at radius 3 is 2.62 bits per heavy atom. The summed E-state index contributed by atoms with van der Waals surface area (Å²) in [5, 5.41) is 11.4. The van der Waals surface area contributed by atoms with E-state index in [4.69, 9.17) is 9.84 Å². The van der Waals surface area contributed by atoms with Crippen LogP contribution in [0.3, 0.4) is 0 Å². The quantitative estimate of drug-likeness (QED) is 0.625. The average Bonchev–Trinajstić information content (AvgIpc) is 2.04. The van der Waals surface area contributed by atoms with Crippen molar-refractivity contribution in [3.63, 3.8) is 0 Å². The Kier molecular flexibility index (Phi) is 2.87. The van der Waals surface area contributed by atoms with Gasteiger partial charge in [-0.25, -0.2) is 4.79 Å². The predicted octanol–water partition coefficient (Wildman–Crippen LogP) is -0.244. The fraction of sp³-hybridized carbons (Fsp3) is 0.750. The second-order valence-electron chi connectivity index (χ2n) is 3.22. The minimum Gasteiger partial charge on any atom is -0.479 e. The minimum atomic E-state index is -1.20. The Morgan fingerprint density at radius 2 is 2.23 bits per heavy atom. The number of ether oxygens (including phenoxy) is 1. The van der Waals surface area contributed by atoms with Gasteiger partial charge in [-0.2, -0.15) is 0 Å². The first-order valence-electron chi connectivity index (χ1n) is 4.17. The molecule has 0 aromatic heterocycles. The number of carboxylic acids is 1. The Morgan fingerprint density at radius 1 is 1.54 bits per heavy atom. The Hall–Kier alpha value is -1.10. The van der Waals surface area contributed by atoms with Gasteiger partial charge in [0.1, 0.15) is 0 Å². The van der Waals surface area contributed by atoms with Crippen LogP contribution < -0.4 is 5.32 Å². The van der Waals surface area contributed by atoms with E-state index in [9.17, 15) is 9.59 Å². The molecule has 5 nitrogen and oxygen atoms in total. The molecule has 0 aliphatic carbocycles. The van der Waals surface area contributed by atoms with Crippen LogP contribution in [0, 0.1) is 0 Å². The molecule has 1 heterocycles. The monoisotopic (exact) mass is 187 g/mol. The lowest BCUT2D eigenvalue weighted by Crippen LogP contribution is -2.58. The second kappa shape index (κ2) is 3.74. The molecule has 0 spiro atoms. The van der Waals surface area contributed by atoms with Crippen molar-refractivity contribution in [2.24, 2.45) is 0 Å². The van der Waals surface area contributed by atoms with Crippen molar-refractivity contribution in [3.05, 3.63) is 0 Å². The van der Waals surface area contributed by atoms with Gasteiger partial charge in [-0.3, -0.25) is 4.79 Å². The fourth-order valence-corrected chi connectivity index (χ4v) is 1.45. The van der Waals surface area contributed by atoms with Gasteiger partial charge in [0.05, 0.1) is 6.61 Å². The molecule has 13 heavy (non-hydrogen) atoms. The van der Waals surface area contributed by atoms with Gasteiger partial charge in [0.2, 0.25) is 5.91 Å². The molecule has 5 heteroatoms. The predicted molar refractivity (Wildman–Crippen MR) is 44.2 cm³/mol. The van der Waals surface area contributed by atoms with Crippen molar-refractivity contribution in [1.82, 2.24) is 5.32 Å². The molecule has 0 saturated carbocycles. The Balaban J connectivity index is 2.73. The van der Waals surface area contributed by atoms with Gasteiger partial charge in [-0.15, -0.1) is 0 Å². The van der Waals surface area contributed by atoms with E-state index in [1.54, 1.807) is 0 Å². The van der Waals surface area contributed by atoms with Crippen LogP contribution >= 0.6 is 0 Å². The number of carbonyl (C=O) groups is 2. The van der Waals surface area contributed by atoms with Crippen molar-refractivity contribution in [2.75, 3.05) is 13.2 Å². The number of carbonyl (C=O) groups excluding carboxylic acids is 1. The van der Waals surface area contributed by atoms with Gasteiger partial charge in [-0.05, 0) is 12.8 Å². The van der Waals surface area contributed by atoms with Crippen molar-refractivity contribution >= 4 is 11.9 Å². The minimum absolute atomic E-state index is 0.0575. The highest BCUT2D eigenvalue weighted by Gasteiger charge is 2.41. The van der Waals surface area contributed by atoms with Crippen molar-refractivity contribution in [3.8, 4) is 0 Å². The lowest BCUT2D eigenvalue weighted by Gasteiger charge is -2.33. The third kappa shape index (κ3) is 2.18. The molecule has 0 radical (unpaired) electrons. The smallest absolute Gasteiger partial charge is 0.331 e. The summed E-state index contributed by atoms with van der Waals surface area (Å²) in [7, 11) is 0. The van der Waals surface area contributed by atoms with Crippen molar-refractivity contribution < 1.29 is 19.4 Å². The van der Waals surface area contributed by atoms with E-state index >= 15 is 0 Å². The number of nitrogens with one attached hydrogen (secondary N) is 1. The number of hydrogen-bond donors (Lipinski definition) is 2. The van der Waals surface area contributed by atoms with Crippen LogP contribution in [0.1, 0.15) is 19.8 Å². The number of rotatable bonds is 2. The largest absolute Gasteiger partial charge is 0.479 e. The molecule has 1 amide bonds. The summed E-state index contributed by atoms with van der Waals surface area (Å²) in [5.41, 5.74) is -1.20. The summed E-state index contributed by atoms with van der Waals surface area (Å²) >= 11 is 0. The first-order valence-corrected chi connectivity index (χ1v) is 4.17. The van der Waals surface area contributed by atoms with E-state index < -0.39 is 11.5 Å². The molecule has 74 valence electrons. The highest BCUT2D eigenvalue weighted by molar-refractivity contribution is 5.86. The van der Waals surface area contributed by atoms with Gasteiger partial charge < -0.3 is 15.2 Å². The normalized spacial score (nSPS) is 28.1. The summed E-state index contributed by atoms with van der Waals surface area (Å²) in [6, 6.07) is 0. The van der Waals surface area contributed by atoms with Gasteiger partial charge in [0.15, 0.2) is 5.54 Å². The maximum atomic E-state index is 10.9. The number of hydrogen-bond acceptors (Lipinski definition) is 3. The first-order chi connectivity index (χ1) is 6.07. The summed E-state index contributed by atoms with van der Waals surface area (Å²) in [6.07, 6.45) is 1.09. The molecule has 0 bridgehead atoms. The zero-order chi connectivity index (χ0) is 9.90. The van der Waals surface area contributed by atoms with E-state index in [1.165, 1.54) is 6.92 Å². The molecule has 1 saturated heterocycles. The van der Waals surface area contributed by atoms with E-state index in [0.29, 0.717) is 19.4 Å². The van der Waals surface area contributed by atoms with E-state index in [1.807, 2.05) is 0 Å². The zero-order valence-electron chi connectivity index (χ0n) is 7.50. The molecule has 1 rings (SSSR count). The van der Waals surface area contributed by atoms with Crippen molar-refractivity contribution in [1.29, 1.82) is 0 Å². The zero-order valence-corrected chi connectivity index (χ0v) is 7.50. The first kappa shape index (κ1) is 9.98. The molecule has 1 aliphatic heterocycles.